The number of carbonyl (C=O) groups excluding carboxylic acids is 1. The molecule has 2 atom stereocenters. The van der Waals surface area contributed by atoms with Crippen molar-refractivity contribution in [3.05, 3.63) is 60.0 Å². The molecule has 7 rings (SSSR count). The van der Waals surface area contributed by atoms with E-state index in [4.69, 9.17) is 4.74 Å². The predicted octanol–water partition coefficient (Wildman–Crippen LogP) is 3.89. The summed E-state index contributed by atoms with van der Waals surface area (Å²) in [6.45, 7) is 0.413. The lowest BCUT2D eigenvalue weighted by Gasteiger charge is -2.61. The number of methoxy groups -OCH3 is 1. The fourth-order valence-electron chi connectivity index (χ4n) is 7.17. The van der Waals surface area contributed by atoms with E-state index in [0.717, 1.165) is 36.5 Å². The lowest BCUT2D eigenvalue weighted by molar-refractivity contribution is -0.149. The summed E-state index contributed by atoms with van der Waals surface area (Å²) in [6, 6.07) is 14.4. The van der Waals surface area contributed by atoms with E-state index in [1.165, 1.54) is 24.8 Å². The molecule has 6 nitrogen and oxygen atoms in total. The first-order valence-corrected chi connectivity index (χ1v) is 11.3. The van der Waals surface area contributed by atoms with E-state index in [1.807, 2.05) is 28.8 Å². The molecule has 6 heteroatoms. The van der Waals surface area contributed by atoms with Crippen molar-refractivity contribution >= 4 is 11.6 Å². The number of amides is 1. The number of hydrogen-bond donors (Lipinski definition) is 1. The van der Waals surface area contributed by atoms with Gasteiger partial charge in [-0.1, -0.05) is 18.2 Å². The molecule has 4 aliphatic rings. The topological polar surface area (TPSA) is 68.5 Å². The van der Waals surface area contributed by atoms with Gasteiger partial charge in [0.05, 0.1) is 19.1 Å². The smallest absolute Gasteiger partial charge is 0.226 e. The van der Waals surface area contributed by atoms with E-state index in [-0.39, 0.29) is 16.7 Å². The molecule has 4 aliphatic carbocycles. The Morgan fingerprint density at radius 1 is 1.10 bits per heavy atom. The minimum Gasteiger partial charge on any atom is -0.497 e. The Balaban J connectivity index is 1.26. The highest BCUT2D eigenvalue weighted by Crippen LogP contribution is 2.65. The van der Waals surface area contributed by atoms with E-state index in [2.05, 4.69) is 39.8 Å². The van der Waals surface area contributed by atoms with E-state index < -0.39 is 0 Å². The standard InChI is InChI=1S/C25H28N4O2/c1-31-20-7-5-19(6-8-20)24-11-17-10-18(12-24)14-25(13-17,16-24)23(30)26-15-22-28-27-21-4-2-3-9-29(21)22/h2-9,17-18H,10-16H2,1H3,(H,26,30)/t17-,18-,24?,25?/m0/s1. The molecule has 0 unspecified atom stereocenters. The highest BCUT2D eigenvalue weighted by Gasteiger charge is 2.60. The van der Waals surface area contributed by atoms with Gasteiger partial charge in [-0.05, 0) is 85.6 Å². The average Bonchev–Trinajstić information content (AvgIpc) is 3.20. The second-order valence-electron chi connectivity index (χ2n) is 9.98. The maximum Gasteiger partial charge on any atom is 0.226 e. The number of benzene rings is 1. The number of carbonyl (C=O) groups is 1. The van der Waals surface area contributed by atoms with E-state index in [1.54, 1.807) is 7.11 Å². The molecule has 3 aromatic rings. The summed E-state index contributed by atoms with van der Waals surface area (Å²) in [6.07, 6.45) is 8.63. The monoisotopic (exact) mass is 416 g/mol. The second-order valence-corrected chi connectivity index (χ2v) is 9.98. The van der Waals surface area contributed by atoms with Crippen molar-refractivity contribution in [2.45, 2.75) is 50.5 Å². The lowest BCUT2D eigenvalue weighted by Crippen LogP contribution is -2.59. The number of nitrogens with one attached hydrogen (secondary N) is 1. The lowest BCUT2D eigenvalue weighted by atomic mass is 9.42. The molecule has 1 amide bonds. The minimum absolute atomic E-state index is 0.120. The number of hydrogen-bond acceptors (Lipinski definition) is 4. The third-order valence-electron chi connectivity index (χ3n) is 8.04. The van der Waals surface area contributed by atoms with Gasteiger partial charge in [0.25, 0.3) is 0 Å². The van der Waals surface area contributed by atoms with Crippen LogP contribution < -0.4 is 10.1 Å². The summed E-state index contributed by atoms with van der Waals surface area (Å²) in [4.78, 5) is 13.6. The van der Waals surface area contributed by atoms with E-state index >= 15 is 0 Å². The summed E-state index contributed by atoms with van der Waals surface area (Å²) >= 11 is 0. The van der Waals surface area contributed by atoms with Crippen LogP contribution in [0.15, 0.2) is 48.7 Å². The highest BCUT2D eigenvalue weighted by molar-refractivity contribution is 5.83. The molecule has 4 bridgehead atoms. The SMILES string of the molecule is COc1ccc(C23C[C@@H]4C[C@H](CC(C(=O)NCc5nnc6ccccn56)(C4)C2)C3)cc1. The van der Waals surface area contributed by atoms with Crippen LogP contribution in [0.4, 0.5) is 0 Å². The van der Waals surface area contributed by atoms with Crippen LogP contribution in [0.2, 0.25) is 0 Å². The average molecular weight is 417 g/mol. The van der Waals surface area contributed by atoms with Gasteiger partial charge in [-0.25, -0.2) is 0 Å². The number of aromatic nitrogens is 3. The highest BCUT2D eigenvalue weighted by atomic mass is 16.5. The van der Waals surface area contributed by atoms with Gasteiger partial charge in [-0.15, -0.1) is 10.2 Å². The van der Waals surface area contributed by atoms with Crippen LogP contribution in [0.1, 0.15) is 49.9 Å². The fraction of sp³-hybridized carbons (Fsp3) is 0.480. The van der Waals surface area contributed by atoms with Gasteiger partial charge in [-0.2, -0.15) is 0 Å². The predicted molar refractivity (Wildman–Crippen MR) is 117 cm³/mol. The quantitative estimate of drug-likeness (QED) is 0.685. The van der Waals surface area contributed by atoms with Crippen molar-refractivity contribution in [3.8, 4) is 5.75 Å². The molecule has 4 fully saturated rings. The molecular formula is C25H28N4O2. The molecule has 1 N–H and O–H groups in total. The van der Waals surface area contributed by atoms with Crippen LogP contribution >= 0.6 is 0 Å². The van der Waals surface area contributed by atoms with Crippen LogP contribution in [-0.2, 0) is 16.8 Å². The zero-order chi connectivity index (χ0) is 21.1. The van der Waals surface area contributed by atoms with Crippen molar-refractivity contribution in [2.75, 3.05) is 7.11 Å². The van der Waals surface area contributed by atoms with Gasteiger partial charge < -0.3 is 10.1 Å². The van der Waals surface area contributed by atoms with Gasteiger partial charge in [-0.3, -0.25) is 9.20 Å². The second kappa shape index (κ2) is 6.81. The molecule has 0 aliphatic heterocycles. The van der Waals surface area contributed by atoms with Crippen molar-refractivity contribution in [2.24, 2.45) is 17.3 Å². The molecular weight excluding hydrogens is 388 g/mol. The summed E-state index contributed by atoms with van der Waals surface area (Å²) in [5.74, 6) is 3.15. The van der Waals surface area contributed by atoms with Crippen molar-refractivity contribution < 1.29 is 9.53 Å². The Hall–Kier alpha value is -2.89. The van der Waals surface area contributed by atoms with Crippen LogP contribution in [0.3, 0.4) is 0 Å². The van der Waals surface area contributed by atoms with Crippen LogP contribution in [0.5, 0.6) is 5.75 Å². The fourth-order valence-corrected chi connectivity index (χ4v) is 7.17. The Kier molecular flexibility index (Phi) is 4.14. The molecule has 0 saturated heterocycles. The molecule has 31 heavy (non-hydrogen) atoms. The van der Waals surface area contributed by atoms with Crippen LogP contribution in [-0.4, -0.2) is 27.6 Å². The third kappa shape index (κ3) is 2.95. The van der Waals surface area contributed by atoms with Crippen LogP contribution in [0, 0.1) is 17.3 Å². The Morgan fingerprint density at radius 2 is 1.87 bits per heavy atom. The summed E-state index contributed by atoms with van der Waals surface area (Å²) in [5, 5.41) is 11.7. The van der Waals surface area contributed by atoms with Crippen molar-refractivity contribution in [1.29, 1.82) is 0 Å². The van der Waals surface area contributed by atoms with Gasteiger partial charge in [0, 0.05) is 6.20 Å². The first-order chi connectivity index (χ1) is 15.1. The Bertz CT molecular complexity index is 1120. The maximum atomic E-state index is 13.6. The Morgan fingerprint density at radius 3 is 2.61 bits per heavy atom. The number of rotatable bonds is 5. The zero-order valence-corrected chi connectivity index (χ0v) is 17.9. The molecule has 2 heterocycles. The summed E-state index contributed by atoms with van der Waals surface area (Å²) in [7, 11) is 1.71. The van der Waals surface area contributed by atoms with Crippen LogP contribution in [0.25, 0.3) is 5.65 Å². The Labute approximate surface area is 182 Å². The number of pyridine rings is 1. The first kappa shape index (κ1) is 18.8. The molecule has 2 aromatic heterocycles. The molecule has 1 aromatic carbocycles. The van der Waals surface area contributed by atoms with E-state index in [9.17, 15) is 4.79 Å². The van der Waals surface area contributed by atoms with Crippen molar-refractivity contribution in [1.82, 2.24) is 19.9 Å². The molecule has 160 valence electrons. The molecule has 0 radical (unpaired) electrons. The normalized spacial score (nSPS) is 31.1. The zero-order valence-electron chi connectivity index (χ0n) is 17.9. The van der Waals surface area contributed by atoms with E-state index in [0.29, 0.717) is 18.4 Å². The first-order valence-electron chi connectivity index (χ1n) is 11.3. The largest absolute Gasteiger partial charge is 0.497 e. The summed E-state index contributed by atoms with van der Waals surface area (Å²) in [5.41, 5.74) is 2.04. The van der Waals surface area contributed by atoms with Gasteiger partial charge in [0.2, 0.25) is 5.91 Å². The molecule has 0 spiro atoms. The maximum absolute atomic E-state index is 13.6. The number of ether oxygens (including phenoxy) is 1. The number of fused-ring (bicyclic) bond motifs is 1. The van der Waals surface area contributed by atoms with Crippen molar-refractivity contribution in [3.63, 3.8) is 0 Å². The van der Waals surface area contributed by atoms with Gasteiger partial charge in [0.15, 0.2) is 11.5 Å². The number of nitrogens with zero attached hydrogens (tertiary/aromatic N) is 3. The molecule has 4 saturated carbocycles. The third-order valence-corrected chi connectivity index (χ3v) is 8.04. The minimum atomic E-state index is -0.259. The van der Waals surface area contributed by atoms with Gasteiger partial charge >= 0.3 is 0 Å². The summed E-state index contributed by atoms with van der Waals surface area (Å²) < 4.78 is 7.31. The van der Waals surface area contributed by atoms with Gasteiger partial charge in [0.1, 0.15) is 5.75 Å².